The Hall–Kier alpha value is -2.08. The van der Waals surface area contributed by atoms with Gasteiger partial charge in [0.05, 0.1) is 12.1 Å². The van der Waals surface area contributed by atoms with Gasteiger partial charge in [-0.2, -0.15) is 0 Å². The van der Waals surface area contributed by atoms with Crippen molar-refractivity contribution in [2.24, 2.45) is 0 Å². The summed E-state index contributed by atoms with van der Waals surface area (Å²) in [5, 5.41) is 14.5. The molecule has 2 rings (SSSR count). The van der Waals surface area contributed by atoms with Gasteiger partial charge < -0.3 is 20.5 Å². The first-order chi connectivity index (χ1) is 10.1. The number of ether oxygens (including phenoxy) is 1. The number of rotatable bonds is 5. The van der Waals surface area contributed by atoms with Gasteiger partial charge in [-0.1, -0.05) is 30.3 Å². The van der Waals surface area contributed by atoms with Gasteiger partial charge in [-0.3, -0.25) is 0 Å². The summed E-state index contributed by atoms with van der Waals surface area (Å²) in [6, 6.07) is 7.71. The predicted octanol–water partition coefficient (Wildman–Crippen LogP) is 1.16. The van der Waals surface area contributed by atoms with E-state index in [2.05, 4.69) is 10.6 Å². The monoisotopic (exact) mass is 292 g/mol. The van der Waals surface area contributed by atoms with Crippen LogP contribution in [-0.2, 0) is 16.0 Å². The summed E-state index contributed by atoms with van der Waals surface area (Å²) in [6.07, 6.45) is 0.943. The van der Waals surface area contributed by atoms with Gasteiger partial charge in [-0.05, 0) is 18.9 Å². The Kier molecular flexibility index (Phi) is 5.16. The zero-order valence-corrected chi connectivity index (χ0v) is 11.9. The second kappa shape index (κ2) is 7.08. The number of carboxylic acid groups (broad SMARTS) is 1. The molecule has 21 heavy (non-hydrogen) atoms. The third kappa shape index (κ3) is 4.46. The van der Waals surface area contributed by atoms with Crippen LogP contribution in [0.25, 0.3) is 0 Å². The number of hydrogen-bond acceptors (Lipinski definition) is 3. The van der Waals surface area contributed by atoms with Gasteiger partial charge >= 0.3 is 12.0 Å². The van der Waals surface area contributed by atoms with Crippen LogP contribution in [0.15, 0.2) is 30.3 Å². The number of aliphatic carboxylic acids is 1. The lowest BCUT2D eigenvalue weighted by Gasteiger charge is -2.19. The van der Waals surface area contributed by atoms with E-state index in [1.165, 1.54) is 0 Å². The molecule has 1 fully saturated rings. The number of hydrogen-bond donors (Lipinski definition) is 3. The van der Waals surface area contributed by atoms with E-state index in [0.717, 1.165) is 12.0 Å². The minimum atomic E-state index is -1.05. The number of amides is 2. The van der Waals surface area contributed by atoms with Crippen LogP contribution >= 0.6 is 0 Å². The zero-order valence-electron chi connectivity index (χ0n) is 11.9. The first kappa shape index (κ1) is 15.3. The van der Waals surface area contributed by atoms with Gasteiger partial charge in [0.2, 0.25) is 0 Å². The Morgan fingerprint density at radius 3 is 2.67 bits per heavy atom. The summed E-state index contributed by atoms with van der Waals surface area (Å²) in [7, 11) is 0. The van der Waals surface area contributed by atoms with E-state index < -0.39 is 18.0 Å². The van der Waals surface area contributed by atoms with Crippen molar-refractivity contribution in [2.75, 3.05) is 6.61 Å². The fraction of sp³-hybridized carbons (Fsp3) is 0.467. The van der Waals surface area contributed by atoms with E-state index in [-0.39, 0.29) is 18.6 Å². The molecule has 2 unspecified atom stereocenters. The SMILES string of the molecule is CC1OCCC1NC(=O)N[C@@H](Cc1ccccc1)C(=O)O. The molecule has 3 atom stereocenters. The molecule has 2 amide bonds. The number of benzene rings is 1. The number of carbonyl (C=O) groups is 2. The molecule has 0 bridgehead atoms. The Bertz CT molecular complexity index is 492. The fourth-order valence-electron chi connectivity index (χ4n) is 2.34. The molecule has 1 aromatic carbocycles. The fourth-order valence-corrected chi connectivity index (χ4v) is 2.34. The Morgan fingerprint density at radius 1 is 1.38 bits per heavy atom. The van der Waals surface area contributed by atoms with E-state index in [1.807, 2.05) is 37.3 Å². The van der Waals surface area contributed by atoms with Gasteiger partial charge in [0.25, 0.3) is 0 Å². The first-order valence-electron chi connectivity index (χ1n) is 7.01. The van der Waals surface area contributed by atoms with E-state index in [4.69, 9.17) is 4.74 Å². The minimum Gasteiger partial charge on any atom is -0.480 e. The average Bonchev–Trinajstić information content (AvgIpc) is 2.84. The molecule has 1 heterocycles. The van der Waals surface area contributed by atoms with Gasteiger partial charge in [-0.25, -0.2) is 9.59 Å². The molecular weight excluding hydrogens is 272 g/mol. The van der Waals surface area contributed by atoms with Crippen molar-refractivity contribution in [3.63, 3.8) is 0 Å². The Balaban J connectivity index is 1.90. The van der Waals surface area contributed by atoms with Crippen LogP contribution in [-0.4, -0.2) is 41.9 Å². The third-order valence-electron chi connectivity index (χ3n) is 3.58. The predicted molar refractivity (Wildman–Crippen MR) is 77.1 cm³/mol. The first-order valence-corrected chi connectivity index (χ1v) is 7.01. The number of carbonyl (C=O) groups excluding carboxylic acids is 1. The Labute approximate surface area is 123 Å². The summed E-state index contributed by atoms with van der Waals surface area (Å²) < 4.78 is 5.36. The quantitative estimate of drug-likeness (QED) is 0.760. The van der Waals surface area contributed by atoms with Crippen LogP contribution in [0.5, 0.6) is 0 Å². The highest BCUT2D eigenvalue weighted by Crippen LogP contribution is 2.12. The molecule has 0 aromatic heterocycles. The maximum absolute atomic E-state index is 11.9. The highest BCUT2D eigenvalue weighted by Gasteiger charge is 2.27. The van der Waals surface area contributed by atoms with Crippen molar-refractivity contribution in [2.45, 2.75) is 38.0 Å². The highest BCUT2D eigenvalue weighted by atomic mass is 16.5. The minimum absolute atomic E-state index is 0.0480. The van der Waals surface area contributed by atoms with Crippen molar-refractivity contribution in [3.05, 3.63) is 35.9 Å². The topological polar surface area (TPSA) is 87.7 Å². The summed E-state index contributed by atoms with van der Waals surface area (Å²) in [4.78, 5) is 23.2. The Morgan fingerprint density at radius 2 is 2.10 bits per heavy atom. The molecule has 0 saturated carbocycles. The molecule has 0 radical (unpaired) electrons. The molecule has 0 aliphatic carbocycles. The molecule has 6 heteroatoms. The summed E-state index contributed by atoms with van der Waals surface area (Å²) in [5.41, 5.74) is 0.864. The summed E-state index contributed by atoms with van der Waals surface area (Å²) in [5.74, 6) is -1.05. The van der Waals surface area contributed by atoms with Gasteiger partial charge in [0, 0.05) is 13.0 Å². The second-order valence-electron chi connectivity index (χ2n) is 5.17. The molecular formula is C15H20N2O4. The van der Waals surface area contributed by atoms with Crippen LogP contribution in [0.3, 0.4) is 0 Å². The van der Waals surface area contributed by atoms with Gasteiger partial charge in [0.1, 0.15) is 6.04 Å². The average molecular weight is 292 g/mol. The van der Waals surface area contributed by atoms with Gasteiger partial charge in [-0.15, -0.1) is 0 Å². The van der Waals surface area contributed by atoms with Crippen LogP contribution in [0, 0.1) is 0 Å². The van der Waals surface area contributed by atoms with Crippen molar-refractivity contribution >= 4 is 12.0 Å². The lowest BCUT2D eigenvalue weighted by Crippen LogP contribution is -2.51. The van der Waals surface area contributed by atoms with E-state index in [9.17, 15) is 14.7 Å². The van der Waals surface area contributed by atoms with E-state index >= 15 is 0 Å². The van der Waals surface area contributed by atoms with E-state index in [0.29, 0.717) is 6.61 Å². The number of urea groups is 1. The van der Waals surface area contributed by atoms with Crippen LogP contribution in [0.2, 0.25) is 0 Å². The molecule has 3 N–H and O–H groups in total. The smallest absolute Gasteiger partial charge is 0.326 e. The normalized spacial score (nSPS) is 22.5. The molecule has 6 nitrogen and oxygen atoms in total. The molecule has 1 saturated heterocycles. The maximum atomic E-state index is 11.9. The highest BCUT2D eigenvalue weighted by molar-refractivity contribution is 5.82. The standard InChI is InChI=1S/C15H20N2O4/c1-10-12(7-8-21-10)16-15(20)17-13(14(18)19)9-11-5-3-2-4-6-11/h2-6,10,12-13H,7-9H2,1H3,(H,18,19)(H2,16,17,20)/t10?,12?,13-/m0/s1. The molecule has 1 aliphatic heterocycles. The van der Waals surface area contributed by atoms with Crippen molar-refractivity contribution in [3.8, 4) is 0 Å². The maximum Gasteiger partial charge on any atom is 0.326 e. The summed E-state index contributed by atoms with van der Waals surface area (Å²) >= 11 is 0. The summed E-state index contributed by atoms with van der Waals surface area (Å²) in [6.45, 7) is 2.50. The lowest BCUT2D eigenvalue weighted by atomic mass is 10.1. The van der Waals surface area contributed by atoms with Crippen molar-refractivity contribution in [1.82, 2.24) is 10.6 Å². The zero-order chi connectivity index (χ0) is 15.2. The van der Waals surface area contributed by atoms with Crippen LogP contribution in [0.1, 0.15) is 18.9 Å². The van der Waals surface area contributed by atoms with E-state index in [1.54, 1.807) is 0 Å². The number of carboxylic acids is 1. The molecule has 0 spiro atoms. The van der Waals surface area contributed by atoms with Gasteiger partial charge in [0.15, 0.2) is 0 Å². The van der Waals surface area contributed by atoms with Crippen LogP contribution in [0.4, 0.5) is 4.79 Å². The van der Waals surface area contributed by atoms with Crippen LogP contribution < -0.4 is 10.6 Å². The second-order valence-corrected chi connectivity index (χ2v) is 5.17. The molecule has 114 valence electrons. The third-order valence-corrected chi connectivity index (χ3v) is 3.58. The molecule has 1 aliphatic rings. The molecule has 1 aromatic rings. The van der Waals surface area contributed by atoms with Crippen molar-refractivity contribution in [1.29, 1.82) is 0 Å². The lowest BCUT2D eigenvalue weighted by molar-refractivity contribution is -0.139. The number of nitrogens with one attached hydrogen (secondary N) is 2. The largest absolute Gasteiger partial charge is 0.480 e. The van der Waals surface area contributed by atoms with Crippen molar-refractivity contribution < 1.29 is 19.4 Å².